The minimum absolute atomic E-state index is 0.0829. The molecule has 1 saturated carbocycles. The van der Waals surface area contributed by atoms with Crippen LogP contribution in [0.4, 0.5) is 5.69 Å². The van der Waals surface area contributed by atoms with Crippen LogP contribution in [0, 0.1) is 25.7 Å². The first-order valence-corrected chi connectivity index (χ1v) is 7.19. The van der Waals surface area contributed by atoms with Crippen LogP contribution in [0.1, 0.15) is 36.8 Å². The Bertz CT molecular complexity index is 436. The SMILES string of the molecule is Cc1cc(C)cc(NC(=O)C2CCCCC2CN)c1. The maximum Gasteiger partial charge on any atom is 0.227 e. The quantitative estimate of drug-likeness (QED) is 0.877. The van der Waals surface area contributed by atoms with Gasteiger partial charge < -0.3 is 11.1 Å². The van der Waals surface area contributed by atoms with Crippen LogP contribution in [0.5, 0.6) is 0 Å². The van der Waals surface area contributed by atoms with Crippen molar-refractivity contribution in [1.82, 2.24) is 0 Å². The third-order valence-electron chi connectivity index (χ3n) is 4.04. The minimum atomic E-state index is 0.0829. The summed E-state index contributed by atoms with van der Waals surface area (Å²) in [6.45, 7) is 4.71. The van der Waals surface area contributed by atoms with Crippen LogP contribution in [-0.4, -0.2) is 12.5 Å². The predicted molar refractivity (Wildman–Crippen MR) is 79.0 cm³/mol. The number of rotatable bonds is 3. The van der Waals surface area contributed by atoms with Crippen molar-refractivity contribution < 1.29 is 4.79 Å². The van der Waals surface area contributed by atoms with Crippen LogP contribution < -0.4 is 11.1 Å². The molecule has 1 aliphatic rings. The average molecular weight is 260 g/mol. The fourth-order valence-electron chi connectivity index (χ4n) is 3.12. The molecular weight excluding hydrogens is 236 g/mol. The van der Waals surface area contributed by atoms with E-state index in [2.05, 4.69) is 11.4 Å². The second-order valence-corrected chi connectivity index (χ2v) is 5.75. The van der Waals surface area contributed by atoms with Gasteiger partial charge in [0.15, 0.2) is 0 Å². The van der Waals surface area contributed by atoms with Crippen molar-refractivity contribution in [3.05, 3.63) is 29.3 Å². The van der Waals surface area contributed by atoms with Crippen molar-refractivity contribution >= 4 is 11.6 Å². The molecule has 0 aromatic heterocycles. The van der Waals surface area contributed by atoms with Crippen molar-refractivity contribution in [2.75, 3.05) is 11.9 Å². The minimum Gasteiger partial charge on any atom is -0.330 e. The number of hydrogen-bond donors (Lipinski definition) is 2. The lowest BCUT2D eigenvalue weighted by Gasteiger charge is -2.29. The van der Waals surface area contributed by atoms with Gasteiger partial charge in [-0.25, -0.2) is 0 Å². The summed E-state index contributed by atoms with van der Waals surface area (Å²) in [5, 5.41) is 3.06. The van der Waals surface area contributed by atoms with E-state index in [-0.39, 0.29) is 11.8 Å². The van der Waals surface area contributed by atoms with Crippen molar-refractivity contribution in [1.29, 1.82) is 0 Å². The number of benzene rings is 1. The number of carbonyl (C=O) groups excluding carboxylic acids is 1. The summed E-state index contributed by atoms with van der Waals surface area (Å²) >= 11 is 0. The topological polar surface area (TPSA) is 55.1 Å². The highest BCUT2D eigenvalue weighted by Gasteiger charge is 2.29. The van der Waals surface area contributed by atoms with E-state index in [1.165, 1.54) is 17.5 Å². The normalized spacial score (nSPS) is 23.1. The molecule has 3 nitrogen and oxygen atoms in total. The number of aryl methyl sites for hydroxylation is 2. The number of amides is 1. The van der Waals surface area contributed by atoms with Crippen LogP contribution in [-0.2, 0) is 4.79 Å². The smallest absolute Gasteiger partial charge is 0.227 e. The predicted octanol–water partition coefficient (Wildman–Crippen LogP) is 3.01. The summed E-state index contributed by atoms with van der Waals surface area (Å²) in [4.78, 5) is 12.4. The van der Waals surface area contributed by atoms with Gasteiger partial charge >= 0.3 is 0 Å². The molecule has 1 aromatic carbocycles. The number of anilines is 1. The number of nitrogens with one attached hydrogen (secondary N) is 1. The number of hydrogen-bond acceptors (Lipinski definition) is 2. The molecule has 1 amide bonds. The fraction of sp³-hybridized carbons (Fsp3) is 0.562. The largest absolute Gasteiger partial charge is 0.330 e. The van der Waals surface area contributed by atoms with Gasteiger partial charge in [-0.05, 0) is 62.4 Å². The standard InChI is InChI=1S/C16H24N2O/c1-11-7-12(2)9-14(8-11)18-16(19)15-6-4-3-5-13(15)10-17/h7-9,13,15H,3-6,10,17H2,1-2H3,(H,18,19). The maximum absolute atomic E-state index is 12.4. The molecule has 3 N–H and O–H groups in total. The van der Waals surface area contributed by atoms with Crippen molar-refractivity contribution in [3.8, 4) is 0 Å². The highest BCUT2D eigenvalue weighted by atomic mass is 16.1. The Balaban J connectivity index is 2.07. The maximum atomic E-state index is 12.4. The summed E-state index contributed by atoms with van der Waals surface area (Å²) < 4.78 is 0. The van der Waals surface area contributed by atoms with Gasteiger partial charge in [0.1, 0.15) is 0 Å². The lowest BCUT2D eigenvalue weighted by atomic mass is 9.78. The molecule has 0 radical (unpaired) electrons. The first-order valence-electron chi connectivity index (χ1n) is 7.19. The molecule has 104 valence electrons. The fourth-order valence-corrected chi connectivity index (χ4v) is 3.12. The molecule has 1 aliphatic carbocycles. The van der Waals surface area contributed by atoms with E-state index in [4.69, 9.17) is 5.73 Å². The summed E-state index contributed by atoms with van der Waals surface area (Å²) in [6, 6.07) is 6.15. The molecule has 0 aliphatic heterocycles. The van der Waals surface area contributed by atoms with Crippen LogP contribution in [0.3, 0.4) is 0 Å². The zero-order valence-electron chi connectivity index (χ0n) is 11.9. The zero-order valence-corrected chi connectivity index (χ0v) is 11.9. The van der Waals surface area contributed by atoms with Gasteiger partial charge in [-0.1, -0.05) is 18.9 Å². The Morgan fingerprint density at radius 2 is 1.84 bits per heavy atom. The van der Waals surface area contributed by atoms with Crippen molar-refractivity contribution in [3.63, 3.8) is 0 Å². The van der Waals surface area contributed by atoms with E-state index >= 15 is 0 Å². The molecule has 1 aromatic rings. The van der Waals surface area contributed by atoms with Crippen molar-refractivity contribution in [2.24, 2.45) is 17.6 Å². The van der Waals surface area contributed by atoms with E-state index in [0.717, 1.165) is 24.9 Å². The molecule has 3 heteroatoms. The first-order chi connectivity index (χ1) is 9.10. The molecule has 0 spiro atoms. The van der Waals surface area contributed by atoms with Gasteiger partial charge in [-0.2, -0.15) is 0 Å². The molecule has 19 heavy (non-hydrogen) atoms. The second-order valence-electron chi connectivity index (χ2n) is 5.75. The zero-order chi connectivity index (χ0) is 13.8. The molecule has 0 heterocycles. The lowest BCUT2D eigenvalue weighted by Crippen LogP contribution is -2.35. The average Bonchev–Trinajstić information content (AvgIpc) is 2.37. The highest BCUT2D eigenvalue weighted by molar-refractivity contribution is 5.93. The molecule has 2 unspecified atom stereocenters. The van der Waals surface area contributed by atoms with Gasteiger partial charge in [0, 0.05) is 11.6 Å². The van der Waals surface area contributed by atoms with E-state index in [9.17, 15) is 4.79 Å². The molecule has 1 fully saturated rings. The van der Waals surface area contributed by atoms with Gasteiger partial charge in [0.25, 0.3) is 0 Å². The molecule has 0 saturated heterocycles. The van der Waals surface area contributed by atoms with Gasteiger partial charge in [0.05, 0.1) is 0 Å². The summed E-state index contributed by atoms with van der Waals surface area (Å²) in [5.74, 6) is 0.569. The Kier molecular flexibility index (Phi) is 4.59. The summed E-state index contributed by atoms with van der Waals surface area (Å²) in [5.41, 5.74) is 9.05. The summed E-state index contributed by atoms with van der Waals surface area (Å²) in [7, 11) is 0. The van der Waals surface area contributed by atoms with E-state index in [1.54, 1.807) is 0 Å². The van der Waals surface area contributed by atoms with Crippen LogP contribution >= 0.6 is 0 Å². The van der Waals surface area contributed by atoms with E-state index < -0.39 is 0 Å². The van der Waals surface area contributed by atoms with E-state index in [0.29, 0.717) is 12.5 Å². The van der Waals surface area contributed by atoms with Crippen molar-refractivity contribution in [2.45, 2.75) is 39.5 Å². The third kappa shape index (κ3) is 3.57. The van der Waals surface area contributed by atoms with Crippen LogP contribution in [0.2, 0.25) is 0 Å². The second kappa shape index (κ2) is 6.20. The molecule has 2 rings (SSSR count). The van der Waals surface area contributed by atoms with Crippen LogP contribution in [0.15, 0.2) is 18.2 Å². The summed E-state index contributed by atoms with van der Waals surface area (Å²) in [6.07, 6.45) is 4.40. The third-order valence-corrected chi connectivity index (χ3v) is 4.04. The Morgan fingerprint density at radius 1 is 1.21 bits per heavy atom. The molecular formula is C16H24N2O. The number of carbonyl (C=O) groups is 1. The molecule has 0 bridgehead atoms. The van der Waals surface area contributed by atoms with Gasteiger partial charge in [0.2, 0.25) is 5.91 Å². The van der Waals surface area contributed by atoms with Gasteiger partial charge in [-0.3, -0.25) is 4.79 Å². The number of nitrogens with two attached hydrogens (primary N) is 1. The van der Waals surface area contributed by atoms with E-state index in [1.807, 2.05) is 26.0 Å². The Morgan fingerprint density at radius 3 is 2.47 bits per heavy atom. The first kappa shape index (κ1) is 14.1. The Labute approximate surface area is 115 Å². The molecule has 2 atom stereocenters. The Hall–Kier alpha value is -1.35. The lowest BCUT2D eigenvalue weighted by molar-refractivity contribution is -0.122. The highest BCUT2D eigenvalue weighted by Crippen LogP contribution is 2.30. The van der Waals surface area contributed by atoms with Crippen LogP contribution in [0.25, 0.3) is 0 Å². The monoisotopic (exact) mass is 260 g/mol. The van der Waals surface area contributed by atoms with Gasteiger partial charge in [-0.15, -0.1) is 0 Å².